The Balaban J connectivity index is 2.64. The second-order valence-corrected chi connectivity index (χ2v) is 4.03. The quantitative estimate of drug-likeness (QED) is 0.513. The second-order valence-electron chi connectivity index (χ2n) is 4.03. The van der Waals surface area contributed by atoms with Crippen molar-refractivity contribution in [3.8, 4) is 0 Å². The van der Waals surface area contributed by atoms with Gasteiger partial charge in [-0.1, -0.05) is 12.1 Å². The zero-order valence-electron chi connectivity index (χ0n) is 11.2. The van der Waals surface area contributed by atoms with Gasteiger partial charge in [0.25, 0.3) is 0 Å². The number of hydrogen-bond donors (Lipinski definition) is 3. The van der Waals surface area contributed by atoms with Crippen LogP contribution in [0.2, 0.25) is 0 Å². The van der Waals surface area contributed by atoms with Gasteiger partial charge in [0.05, 0.1) is 0 Å². The molecule has 0 heterocycles. The third kappa shape index (κ3) is 4.60. The lowest BCUT2D eigenvalue weighted by Gasteiger charge is -2.13. The molecule has 1 aromatic carbocycles. The smallest absolute Gasteiger partial charge is 0.340 e. The number of ether oxygens (including phenoxy) is 1. The summed E-state index contributed by atoms with van der Waals surface area (Å²) in [6.45, 7) is 1.05. The predicted molar refractivity (Wildman–Crippen MR) is 71.0 cm³/mol. The minimum absolute atomic E-state index is 0.0717. The van der Waals surface area contributed by atoms with Gasteiger partial charge in [-0.3, -0.25) is 4.79 Å². The molecule has 20 heavy (non-hydrogen) atoms. The molecule has 0 bridgehead atoms. The molecule has 1 aromatic rings. The average molecular weight is 280 g/mol. The van der Waals surface area contributed by atoms with Crippen LogP contribution in [0.5, 0.6) is 0 Å². The van der Waals surface area contributed by atoms with E-state index in [1.54, 1.807) is 25.2 Å². The number of amides is 1. The fraction of sp³-hybridized carbons (Fsp3) is 0.308. The predicted octanol–water partition coefficient (Wildman–Crippen LogP) is 0.361. The zero-order valence-corrected chi connectivity index (χ0v) is 11.2. The fourth-order valence-corrected chi connectivity index (χ4v) is 1.48. The number of aliphatic carboxylic acids is 1. The van der Waals surface area contributed by atoms with E-state index in [-0.39, 0.29) is 6.61 Å². The molecule has 0 radical (unpaired) electrons. The van der Waals surface area contributed by atoms with Crippen molar-refractivity contribution in [3.05, 3.63) is 29.8 Å². The molecule has 108 valence electrons. The highest BCUT2D eigenvalue weighted by atomic mass is 16.5. The topological polar surface area (TPSA) is 105 Å². The molecule has 0 saturated carbocycles. The molecule has 0 aliphatic carbocycles. The number of rotatable bonds is 6. The van der Waals surface area contributed by atoms with Crippen LogP contribution in [-0.2, 0) is 25.7 Å². The van der Waals surface area contributed by atoms with Crippen molar-refractivity contribution in [1.29, 1.82) is 0 Å². The molecule has 3 N–H and O–H groups in total. The highest BCUT2D eigenvalue weighted by molar-refractivity contribution is 6.01. The Morgan fingerprint density at radius 3 is 2.60 bits per heavy atom. The number of carboxylic acid groups (broad SMARTS) is 1. The van der Waals surface area contributed by atoms with E-state index < -0.39 is 23.9 Å². The Morgan fingerprint density at radius 2 is 2.05 bits per heavy atom. The summed E-state index contributed by atoms with van der Waals surface area (Å²) in [5.41, 5.74) is 1.55. The van der Waals surface area contributed by atoms with Gasteiger partial charge in [0.2, 0.25) is 11.9 Å². The number of carbonyl (C=O) groups excluding carboxylic acids is 2. The van der Waals surface area contributed by atoms with E-state index in [4.69, 9.17) is 9.84 Å². The number of carbonyl (C=O) groups is 3. The van der Waals surface area contributed by atoms with E-state index in [1.807, 2.05) is 11.4 Å². The first-order valence-electron chi connectivity index (χ1n) is 5.87. The summed E-state index contributed by atoms with van der Waals surface area (Å²) in [6.07, 6.45) is 0. The van der Waals surface area contributed by atoms with Gasteiger partial charge in [-0.2, -0.15) is 0 Å². The SMILES string of the molecule is CNc1cccc(COC(=O)C(NC(C)=O)C(=O)O)c1. The maximum Gasteiger partial charge on any atom is 0.340 e. The van der Waals surface area contributed by atoms with Gasteiger partial charge in [-0.15, -0.1) is 0 Å². The second kappa shape index (κ2) is 7.13. The van der Waals surface area contributed by atoms with Crippen LogP contribution in [0.3, 0.4) is 0 Å². The molecular formula is C13H16N2O5. The molecule has 1 unspecified atom stereocenters. The van der Waals surface area contributed by atoms with Crippen LogP contribution in [0.4, 0.5) is 5.69 Å². The fourth-order valence-electron chi connectivity index (χ4n) is 1.48. The molecule has 0 aliphatic heterocycles. The Morgan fingerprint density at radius 1 is 1.35 bits per heavy atom. The summed E-state index contributed by atoms with van der Waals surface area (Å²) >= 11 is 0. The third-order valence-corrected chi connectivity index (χ3v) is 2.43. The Hall–Kier alpha value is -2.57. The van der Waals surface area contributed by atoms with Gasteiger partial charge in [-0.25, -0.2) is 9.59 Å². The minimum Gasteiger partial charge on any atom is -0.479 e. The number of benzene rings is 1. The first-order valence-corrected chi connectivity index (χ1v) is 5.87. The van der Waals surface area contributed by atoms with Crippen molar-refractivity contribution in [3.63, 3.8) is 0 Å². The first-order chi connectivity index (χ1) is 9.43. The van der Waals surface area contributed by atoms with Gasteiger partial charge in [0.1, 0.15) is 6.61 Å². The lowest BCUT2D eigenvalue weighted by molar-refractivity contribution is -0.157. The Kier molecular flexibility index (Phi) is 5.52. The molecule has 1 amide bonds. The Labute approximate surface area is 115 Å². The van der Waals surface area contributed by atoms with E-state index >= 15 is 0 Å². The van der Waals surface area contributed by atoms with Gasteiger partial charge in [-0.05, 0) is 17.7 Å². The largest absolute Gasteiger partial charge is 0.479 e. The monoisotopic (exact) mass is 280 g/mol. The van der Waals surface area contributed by atoms with E-state index in [1.165, 1.54) is 0 Å². The van der Waals surface area contributed by atoms with Gasteiger partial charge >= 0.3 is 11.9 Å². The van der Waals surface area contributed by atoms with Gasteiger partial charge in [0.15, 0.2) is 0 Å². The summed E-state index contributed by atoms with van der Waals surface area (Å²) in [7, 11) is 1.75. The molecule has 0 fully saturated rings. The summed E-state index contributed by atoms with van der Waals surface area (Å²) < 4.78 is 4.89. The highest BCUT2D eigenvalue weighted by Crippen LogP contribution is 2.11. The van der Waals surface area contributed by atoms with Crippen LogP contribution in [0.15, 0.2) is 24.3 Å². The zero-order chi connectivity index (χ0) is 15.1. The summed E-state index contributed by atoms with van der Waals surface area (Å²) in [5.74, 6) is -3.09. The van der Waals surface area contributed by atoms with Crippen molar-refractivity contribution in [2.75, 3.05) is 12.4 Å². The minimum atomic E-state index is -1.69. The summed E-state index contributed by atoms with van der Waals surface area (Å²) in [5, 5.41) is 13.8. The van der Waals surface area contributed by atoms with Crippen LogP contribution in [0.25, 0.3) is 0 Å². The van der Waals surface area contributed by atoms with Gasteiger partial charge < -0.3 is 20.5 Å². The molecular weight excluding hydrogens is 264 g/mol. The normalized spacial score (nSPS) is 11.3. The van der Waals surface area contributed by atoms with Crippen molar-refractivity contribution in [2.45, 2.75) is 19.6 Å². The molecule has 1 rings (SSSR count). The van der Waals surface area contributed by atoms with Crippen molar-refractivity contribution < 1.29 is 24.2 Å². The first kappa shape index (κ1) is 15.5. The van der Waals surface area contributed by atoms with E-state index in [9.17, 15) is 14.4 Å². The van der Waals surface area contributed by atoms with E-state index in [0.29, 0.717) is 5.56 Å². The lowest BCUT2D eigenvalue weighted by atomic mass is 10.2. The lowest BCUT2D eigenvalue weighted by Crippen LogP contribution is -2.46. The van der Waals surface area contributed by atoms with Crippen molar-refractivity contribution in [1.82, 2.24) is 5.32 Å². The summed E-state index contributed by atoms with van der Waals surface area (Å²) in [6, 6.07) is 5.42. The molecule has 0 aliphatic rings. The standard InChI is InChI=1S/C13H16N2O5/c1-8(16)15-11(12(17)18)13(19)20-7-9-4-3-5-10(6-9)14-2/h3-6,11,14H,7H2,1-2H3,(H,15,16)(H,17,18). The van der Waals surface area contributed by atoms with Crippen LogP contribution >= 0.6 is 0 Å². The van der Waals surface area contributed by atoms with Crippen molar-refractivity contribution in [2.24, 2.45) is 0 Å². The highest BCUT2D eigenvalue weighted by Gasteiger charge is 2.28. The molecule has 7 nitrogen and oxygen atoms in total. The number of hydrogen-bond acceptors (Lipinski definition) is 5. The van der Waals surface area contributed by atoms with Gasteiger partial charge in [0, 0.05) is 19.7 Å². The number of anilines is 1. The molecule has 1 atom stereocenters. The van der Waals surface area contributed by atoms with Crippen molar-refractivity contribution >= 4 is 23.5 Å². The number of esters is 1. The average Bonchev–Trinajstić information content (AvgIpc) is 2.42. The third-order valence-electron chi connectivity index (χ3n) is 2.43. The van der Waals surface area contributed by atoms with Crippen LogP contribution in [0.1, 0.15) is 12.5 Å². The molecule has 7 heteroatoms. The molecule has 0 spiro atoms. The number of carboxylic acids is 1. The van der Waals surface area contributed by atoms with E-state index in [0.717, 1.165) is 12.6 Å². The number of nitrogens with one attached hydrogen (secondary N) is 2. The maximum atomic E-state index is 11.6. The van der Waals surface area contributed by atoms with Crippen LogP contribution < -0.4 is 10.6 Å². The Bertz CT molecular complexity index is 515. The maximum absolute atomic E-state index is 11.6. The summed E-state index contributed by atoms with van der Waals surface area (Å²) in [4.78, 5) is 33.3. The van der Waals surface area contributed by atoms with Crippen LogP contribution in [-0.4, -0.2) is 36.0 Å². The van der Waals surface area contributed by atoms with Crippen LogP contribution in [0, 0.1) is 0 Å². The van der Waals surface area contributed by atoms with E-state index in [2.05, 4.69) is 5.32 Å². The molecule has 0 saturated heterocycles. The molecule has 0 aromatic heterocycles.